The molecule has 1 saturated carbocycles. The average Bonchev–Trinajstić information content (AvgIpc) is 2.24. The molecular weight excluding hydrogens is 242 g/mol. The molecular formula is C11H21NO4S. The Kier molecular flexibility index (Phi) is 5.39. The fraction of sp³-hybridized carbons (Fsp3) is 0.909. The van der Waals surface area contributed by atoms with Crippen molar-refractivity contribution in [2.75, 3.05) is 6.26 Å². The van der Waals surface area contributed by atoms with Gasteiger partial charge in [-0.2, -0.15) is 0 Å². The first-order valence-corrected chi connectivity index (χ1v) is 7.98. The summed E-state index contributed by atoms with van der Waals surface area (Å²) in [5.74, 6) is -0.529. The second-order valence-corrected chi connectivity index (χ2v) is 6.64. The molecule has 1 aliphatic rings. The minimum absolute atomic E-state index is 0.382. The van der Waals surface area contributed by atoms with Crippen molar-refractivity contribution in [1.82, 2.24) is 4.72 Å². The van der Waals surface area contributed by atoms with Gasteiger partial charge in [-0.3, -0.25) is 4.79 Å². The van der Waals surface area contributed by atoms with Crippen LogP contribution < -0.4 is 4.72 Å². The first kappa shape index (κ1) is 14.4. The molecule has 1 fully saturated rings. The summed E-state index contributed by atoms with van der Waals surface area (Å²) in [5, 5.41) is 8.94. The molecule has 1 aliphatic carbocycles. The number of rotatable bonds is 6. The zero-order chi connectivity index (χ0) is 12.9. The van der Waals surface area contributed by atoms with E-state index in [-0.39, 0.29) is 0 Å². The lowest BCUT2D eigenvalue weighted by Crippen LogP contribution is -2.40. The van der Waals surface area contributed by atoms with Crippen molar-refractivity contribution < 1.29 is 18.3 Å². The lowest BCUT2D eigenvalue weighted by molar-refractivity contribution is -0.139. The van der Waals surface area contributed by atoms with Gasteiger partial charge in [-0.15, -0.1) is 0 Å². The molecule has 0 aromatic heterocycles. The predicted octanol–water partition coefficient (Wildman–Crippen LogP) is 1.35. The van der Waals surface area contributed by atoms with Crippen molar-refractivity contribution in [3.8, 4) is 0 Å². The third kappa shape index (κ3) is 6.02. The number of carbonyl (C=O) groups is 1. The zero-order valence-corrected chi connectivity index (χ0v) is 11.0. The van der Waals surface area contributed by atoms with Crippen molar-refractivity contribution in [2.45, 2.75) is 51.0 Å². The number of aliphatic carboxylic acids is 1. The Balaban J connectivity index is 2.41. The molecule has 2 N–H and O–H groups in total. The lowest BCUT2D eigenvalue weighted by atomic mass is 9.85. The van der Waals surface area contributed by atoms with Gasteiger partial charge >= 0.3 is 5.97 Å². The molecule has 0 radical (unpaired) electrons. The Morgan fingerprint density at radius 2 is 1.94 bits per heavy atom. The van der Waals surface area contributed by atoms with E-state index < -0.39 is 22.0 Å². The van der Waals surface area contributed by atoms with Gasteiger partial charge in [-0.1, -0.05) is 32.1 Å². The van der Waals surface area contributed by atoms with Gasteiger partial charge in [0.05, 0.1) is 6.26 Å². The molecule has 100 valence electrons. The Hall–Kier alpha value is -0.620. The van der Waals surface area contributed by atoms with Crippen LogP contribution in [-0.4, -0.2) is 31.8 Å². The van der Waals surface area contributed by atoms with Crippen LogP contribution >= 0.6 is 0 Å². The number of carboxylic acids is 1. The normalized spacial score (nSPS) is 20.1. The summed E-state index contributed by atoms with van der Waals surface area (Å²) in [6.45, 7) is 0. The molecule has 17 heavy (non-hydrogen) atoms. The van der Waals surface area contributed by atoms with Crippen molar-refractivity contribution in [3.05, 3.63) is 0 Å². The van der Waals surface area contributed by atoms with E-state index in [1.54, 1.807) is 0 Å². The van der Waals surface area contributed by atoms with Gasteiger partial charge in [-0.25, -0.2) is 13.1 Å². The van der Waals surface area contributed by atoms with Gasteiger partial charge in [0.25, 0.3) is 0 Å². The average molecular weight is 263 g/mol. The number of hydrogen-bond donors (Lipinski definition) is 2. The fourth-order valence-corrected chi connectivity index (χ4v) is 3.10. The van der Waals surface area contributed by atoms with E-state index >= 15 is 0 Å². The van der Waals surface area contributed by atoms with E-state index in [1.807, 2.05) is 0 Å². The van der Waals surface area contributed by atoms with Crippen molar-refractivity contribution in [1.29, 1.82) is 0 Å². The van der Waals surface area contributed by atoms with E-state index in [2.05, 4.69) is 4.72 Å². The SMILES string of the molecule is CS(=O)(=O)N[C@H](CCC1CCCCC1)C(=O)O. The largest absolute Gasteiger partial charge is 0.480 e. The summed E-state index contributed by atoms with van der Waals surface area (Å²) in [4.78, 5) is 10.9. The lowest BCUT2D eigenvalue weighted by Gasteiger charge is -2.23. The van der Waals surface area contributed by atoms with Gasteiger partial charge in [-0.05, 0) is 18.8 Å². The van der Waals surface area contributed by atoms with Crippen LogP contribution in [0, 0.1) is 5.92 Å². The van der Waals surface area contributed by atoms with E-state index in [0.717, 1.165) is 25.5 Å². The Morgan fingerprint density at radius 1 is 1.35 bits per heavy atom. The molecule has 0 aliphatic heterocycles. The minimum Gasteiger partial charge on any atom is -0.480 e. The van der Waals surface area contributed by atoms with Crippen LogP contribution in [0.25, 0.3) is 0 Å². The highest BCUT2D eigenvalue weighted by Crippen LogP contribution is 2.27. The summed E-state index contributed by atoms with van der Waals surface area (Å²) in [6, 6.07) is -0.980. The third-order valence-electron chi connectivity index (χ3n) is 3.24. The molecule has 0 aromatic rings. The molecule has 0 amide bonds. The maximum absolute atomic E-state index is 11.0. The van der Waals surface area contributed by atoms with Gasteiger partial charge in [0.15, 0.2) is 0 Å². The zero-order valence-electron chi connectivity index (χ0n) is 10.2. The van der Waals surface area contributed by atoms with Crippen LogP contribution in [0.5, 0.6) is 0 Å². The third-order valence-corrected chi connectivity index (χ3v) is 3.96. The molecule has 0 unspecified atom stereocenters. The standard InChI is InChI=1S/C11H21NO4S/c1-17(15,16)12-10(11(13)14)8-7-9-5-3-2-4-6-9/h9-10,12H,2-8H2,1H3,(H,13,14)/t10-/m1/s1. The van der Waals surface area contributed by atoms with Gasteiger partial charge in [0.1, 0.15) is 6.04 Å². The molecule has 5 nitrogen and oxygen atoms in total. The monoisotopic (exact) mass is 263 g/mol. The molecule has 1 rings (SSSR count). The quantitative estimate of drug-likeness (QED) is 0.757. The summed E-state index contributed by atoms with van der Waals surface area (Å²) >= 11 is 0. The Morgan fingerprint density at radius 3 is 2.41 bits per heavy atom. The molecule has 1 atom stereocenters. The number of nitrogens with one attached hydrogen (secondary N) is 1. The van der Waals surface area contributed by atoms with Gasteiger partial charge in [0.2, 0.25) is 10.0 Å². The van der Waals surface area contributed by atoms with Crippen LogP contribution in [0.2, 0.25) is 0 Å². The van der Waals surface area contributed by atoms with E-state index in [4.69, 9.17) is 5.11 Å². The summed E-state index contributed by atoms with van der Waals surface area (Å²) in [7, 11) is -3.45. The molecule has 0 heterocycles. The van der Waals surface area contributed by atoms with Crippen LogP contribution in [0.3, 0.4) is 0 Å². The summed E-state index contributed by atoms with van der Waals surface area (Å²) < 4.78 is 24.2. The van der Waals surface area contributed by atoms with E-state index in [1.165, 1.54) is 19.3 Å². The maximum Gasteiger partial charge on any atom is 0.321 e. The first-order valence-electron chi connectivity index (χ1n) is 6.08. The smallest absolute Gasteiger partial charge is 0.321 e. The van der Waals surface area contributed by atoms with E-state index in [0.29, 0.717) is 12.3 Å². The first-order chi connectivity index (χ1) is 7.88. The maximum atomic E-state index is 11.0. The van der Waals surface area contributed by atoms with Crippen molar-refractivity contribution in [3.63, 3.8) is 0 Å². The Labute approximate surface area is 103 Å². The second-order valence-electron chi connectivity index (χ2n) is 4.86. The van der Waals surface area contributed by atoms with Crippen LogP contribution in [-0.2, 0) is 14.8 Å². The van der Waals surface area contributed by atoms with Crippen molar-refractivity contribution >= 4 is 16.0 Å². The van der Waals surface area contributed by atoms with Crippen LogP contribution in [0.4, 0.5) is 0 Å². The highest BCUT2D eigenvalue weighted by Gasteiger charge is 2.23. The van der Waals surface area contributed by atoms with Crippen molar-refractivity contribution in [2.24, 2.45) is 5.92 Å². The number of hydrogen-bond acceptors (Lipinski definition) is 3. The fourth-order valence-electron chi connectivity index (χ4n) is 2.37. The highest BCUT2D eigenvalue weighted by atomic mass is 32.2. The van der Waals surface area contributed by atoms with Gasteiger partial charge < -0.3 is 5.11 Å². The van der Waals surface area contributed by atoms with E-state index in [9.17, 15) is 13.2 Å². The topological polar surface area (TPSA) is 83.5 Å². The Bertz CT molecular complexity index is 346. The minimum atomic E-state index is -3.45. The van der Waals surface area contributed by atoms with Gasteiger partial charge in [0, 0.05) is 0 Å². The van der Waals surface area contributed by atoms with Crippen LogP contribution in [0.1, 0.15) is 44.9 Å². The molecule has 0 aromatic carbocycles. The molecule has 0 saturated heterocycles. The number of sulfonamides is 1. The summed E-state index contributed by atoms with van der Waals surface area (Å²) in [5.41, 5.74) is 0. The summed E-state index contributed by atoms with van der Waals surface area (Å²) in [6.07, 6.45) is 8.14. The highest BCUT2D eigenvalue weighted by molar-refractivity contribution is 7.88. The molecule has 6 heteroatoms. The molecule has 0 spiro atoms. The second kappa shape index (κ2) is 6.35. The number of carboxylic acid groups (broad SMARTS) is 1. The predicted molar refractivity (Wildman–Crippen MR) is 65.2 cm³/mol. The molecule has 0 bridgehead atoms. The van der Waals surface area contributed by atoms with Crippen LogP contribution in [0.15, 0.2) is 0 Å².